The highest BCUT2D eigenvalue weighted by atomic mass is 16.3. The van der Waals surface area contributed by atoms with Crippen LogP contribution in [-0.2, 0) is 4.79 Å². The predicted molar refractivity (Wildman–Crippen MR) is 57.9 cm³/mol. The molecule has 1 atom stereocenters. The molecule has 0 bridgehead atoms. The monoisotopic (exact) mass is 208 g/mol. The molecular formula is C11H16N2O2. The lowest BCUT2D eigenvalue weighted by Gasteiger charge is -2.15. The summed E-state index contributed by atoms with van der Waals surface area (Å²) in [6, 6.07) is 0. The highest BCUT2D eigenvalue weighted by Crippen LogP contribution is 2.13. The van der Waals surface area contributed by atoms with Gasteiger partial charge in [-0.1, -0.05) is 0 Å². The fourth-order valence-electron chi connectivity index (χ4n) is 1.94. The first-order valence-electron chi connectivity index (χ1n) is 5.45. The van der Waals surface area contributed by atoms with Crippen LogP contribution in [0.4, 0.5) is 0 Å². The molecule has 2 heterocycles. The summed E-state index contributed by atoms with van der Waals surface area (Å²) >= 11 is 0. The molecule has 1 fully saturated rings. The first-order chi connectivity index (χ1) is 7.25. The molecule has 4 nitrogen and oxygen atoms in total. The third kappa shape index (κ3) is 2.73. The summed E-state index contributed by atoms with van der Waals surface area (Å²) in [5.41, 5.74) is 0.789. The summed E-state index contributed by atoms with van der Waals surface area (Å²) in [5, 5.41) is 9.12. The Morgan fingerprint density at radius 1 is 1.47 bits per heavy atom. The van der Waals surface area contributed by atoms with E-state index in [2.05, 4.69) is 9.89 Å². The second-order valence-electron chi connectivity index (χ2n) is 4.06. The number of rotatable bonds is 3. The zero-order chi connectivity index (χ0) is 10.7. The van der Waals surface area contributed by atoms with Crippen LogP contribution in [0.2, 0.25) is 0 Å². The molecule has 0 aliphatic carbocycles. The van der Waals surface area contributed by atoms with Gasteiger partial charge in [0.1, 0.15) is 0 Å². The van der Waals surface area contributed by atoms with Crippen molar-refractivity contribution in [1.82, 2.24) is 4.90 Å². The summed E-state index contributed by atoms with van der Waals surface area (Å²) in [7, 11) is 0. The Kier molecular flexibility index (Phi) is 3.28. The van der Waals surface area contributed by atoms with Gasteiger partial charge in [0, 0.05) is 31.0 Å². The lowest BCUT2D eigenvalue weighted by molar-refractivity contribution is -0.119. The van der Waals surface area contributed by atoms with Crippen molar-refractivity contribution in [3.05, 3.63) is 11.8 Å². The molecule has 4 heteroatoms. The maximum atomic E-state index is 11.2. The van der Waals surface area contributed by atoms with Crippen LogP contribution < -0.4 is 0 Å². The van der Waals surface area contributed by atoms with Crippen LogP contribution in [0.15, 0.2) is 16.8 Å². The number of aliphatic hydroxyl groups is 1. The number of carbonyl (C=O) groups is 1. The minimum absolute atomic E-state index is 0.249. The second-order valence-corrected chi connectivity index (χ2v) is 4.06. The van der Waals surface area contributed by atoms with Crippen LogP contribution in [0.1, 0.15) is 19.3 Å². The van der Waals surface area contributed by atoms with E-state index in [4.69, 9.17) is 5.11 Å². The van der Waals surface area contributed by atoms with Gasteiger partial charge in [-0.15, -0.1) is 0 Å². The van der Waals surface area contributed by atoms with E-state index in [0.29, 0.717) is 0 Å². The van der Waals surface area contributed by atoms with E-state index in [1.807, 2.05) is 0 Å². The zero-order valence-electron chi connectivity index (χ0n) is 8.72. The van der Waals surface area contributed by atoms with Crippen LogP contribution in [0.5, 0.6) is 0 Å². The molecule has 1 unspecified atom stereocenters. The molecule has 0 amide bonds. The number of hydrogen-bond donors (Lipinski definition) is 1. The first kappa shape index (κ1) is 10.5. The van der Waals surface area contributed by atoms with Crippen LogP contribution in [0.25, 0.3) is 0 Å². The molecule has 0 radical (unpaired) electrons. The van der Waals surface area contributed by atoms with Gasteiger partial charge in [0.25, 0.3) is 0 Å². The van der Waals surface area contributed by atoms with Gasteiger partial charge in [0.2, 0.25) is 0 Å². The predicted octanol–water partition coefficient (Wildman–Crippen LogP) is 0.371. The molecule has 82 valence electrons. The number of ketones is 1. The van der Waals surface area contributed by atoms with E-state index in [1.54, 1.807) is 0 Å². The normalized spacial score (nSPS) is 27.1. The second kappa shape index (κ2) is 4.68. The topological polar surface area (TPSA) is 52.9 Å². The highest BCUT2D eigenvalue weighted by Gasteiger charge is 2.17. The molecule has 1 N–H and O–H groups in total. The SMILES string of the molecule is O=C1C=C(CCN2CCCC2)N=CC1O. The lowest BCUT2D eigenvalue weighted by Crippen LogP contribution is -2.25. The first-order valence-corrected chi connectivity index (χ1v) is 5.45. The fraction of sp³-hybridized carbons (Fsp3) is 0.636. The number of aliphatic hydroxyl groups excluding tert-OH is 1. The average molecular weight is 208 g/mol. The maximum Gasteiger partial charge on any atom is 0.191 e. The Labute approximate surface area is 89.3 Å². The number of aliphatic imine (C=N–C) groups is 1. The standard InChI is InChI=1S/C11H16N2O2/c14-10-7-9(12-8-11(10)15)3-6-13-4-1-2-5-13/h7-8,11,15H,1-6H2. The number of nitrogens with zero attached hydrogens (tertiary/aromatic N) is 2. The van der Waals surface area contributed by atoms with Crippen LogP contribution >= 0.6 is 0 Å². The van der Waals surface area contributed by atoms with E-state index < -0.39 is 6.10 Å². The molecular weight excluding hydrogens is 192 g/mol. The van der Waals surface area contributed by atoms with Crippen molar-refractivity contribution >= 4 is 12.0 Å². The van der Waals surface area contributed by atoms with Crippen LogP contribution in [0.3, 0.4) is 0 Å². The van der Waals surface area contributed by atoms with Gasteiger partial charge in [-0.3, -0.25) is 9.79 Å². The quantitative estimate of drug-likeness (QED) is 0.729. The minimum atomic E-state index is -1.03. The molecule has 0 saturated carbocycles. The molecule has 2 aliphatic heterocycles. The molecule has 1 saturated heterocycles. The Bertz CT molecular complexity index is 304. The summed E-state index contributed by atoms with van der Waals surface area (Å²) in [6.07, 6.45) is 5.11. The van der Waals surface area contributed by atoms with Crippen molar-refractivity contribution in [1.29, 1.82) is 0 Å². The highest BCUT2D eigenvalue weighted by molar-refractivity contribution is 6.06. The molecule has 15 heavy (non-hydrogen) atoms. The van der Waals surface area contributed by atoms with Crippen LogP contribution in [-0.4, -0.2) is 47.7 Å². The number of carbonyl (C=O) groups excluding carboxylic acids is 1. The largest absolute Gasteiger partial charge is 0.379 e. The lowest BCUT2D eigenvalue weighted by atomic mass is 10.1. The Morgan fingerprint density at radius 2 is 2.20 bits per heavy atom. The smallest absolute Gasteiger partial charge is 0.191 e. The van der Waals surface area contributed by atoms with Gasteiger partial charge in [0.05, 0.1) is 0 Å². The Hall–Kier alpha value is -1.00. The molecule has 2 aliphatic rings. The van der Waals surface area contributed by atoms with E-state index in [-0.39, 0.29) is 5.78 Å². The molecule has 0 aromatic heterocycles. The van der Waals surface area contributed by atoms with Crippen LogP contribution in [0, 0.1) is 0 Å². The Balaban J connectivity index is 1.82. The third-order valence-corrected chi connectivity index (χ3v) is 2.86. The van der Waals surface area contributed by atoms with E-state index in [0.717, 1.165) is 31.8 Å². The number of hydrogen-bond acceptors (Lipinski definition) is 4. The van der Waals surface area contributed by atoms with E-state index >= 15 is 0 Å². The Morgan fingerprint density at radius 3 is 2.87 bits per heavy atom. The molecule has 2 rings (SSSR count). The molecule has 0 spiro atoms. The molecule has 0 aromatic carbocycles. The van der Waals surface area contributed by atoms with Crippen molar-refractivity contribution in [2.24, 2.45) is 4.99 Å². The maximum absolute atomic E-state index is 11.2. The van der Waals surface area contributed by atoms with E-state index in [1.165, 1.54) is 25.1 Å². The van der Waals surface area contributed by atoms with Gasteiger partial charge < -0.3 is 10.0 Å². The number of likely N-dealkylation sites (tertiary alicyclic amines) is 1. The average Bonchev–Trinajstić information content (AvgIpc) is 2.73. The van der Waals surface area contributed by atoms with Crippen molar-refractivity contribution < 1.29 is 9.90 Å². The van der Waals surface area contributed by atoms with Crippen molar-refractivity contribution in [2.75, 3.05) is 19.6 Å². The van der Waals surface area contributed by atoms with Gasteiger partial charge in [-0.25, -0.2) is 0 Å². The minimum Gasteiger partial charge on any atom is -0.379 e. The summed E-state index contributed by atoms with van der Waals surface area (Å²) < 4.78 is 0. The van der Waals surface area contributed by atoms with Gasteiger partial charge >= 0.3 is 0 Å². The zero-order valence-corrected chi connectivity index (χ0v) is 8.72. The van der Waals surface area contributed by atoms with Crippen molar-refractivity contribution in [3.63, 3.8) is 0 Å². The van der Waals surface area contributed by atoms with E-state index in [9.17, 15) is 4.79 Å². The van der Waals surface area contributed by atoms with Gasteiger partial charge in [0.15, 0.2) is 11.9 Å². The van der Waals surface area contributed by atoms with Gasteiger partial charge in [-0.2, -0.15) is 0 Å². The summed E-state index contributed by atoms with van der Waals surface area (Å²) in [6.45, 7) is 3.29. The van der Waals surface area contributed by atoms with Gasteiger partial charge in [-0.05, 0) is 25.9 Å². The van der Waals surface area contributed by atoms with Crippen molar-refractivity contribution in [3.8, 4) is 0 Å². The summed E-state index contributed by atoms with van der Waals surface area (Å²) in [5.74, 6) is -0.249. The fourth-order valence-corrected chi connectivity index (χ4v) is 1.94. The third-order valence-electron chi connectivity index (χ3n) is 2.86. The molecule has 0 aromatic rings. The van der Waals surface area contributed by atoms with Crippen molar-refractivity contribution in [2.45, 2.75) is 25.4 Å². The summed E-state index contributed by atoms with van der Waals surface area (Å²) in [4.78, 5) is 17.6.